The summed E-state index contributed by atoms with van der Waals surface area (Å²) in [7, 11) is 0. The summed E-state index contributed by atoms with van der Waals surface area (Å²) < 4.78 is 15.8. The van der Waals surface area contributed by atoms with Crippen LogP contribution in [0, 0.1) is 0 Å². The van der Waals surface area contributed by atoms with Crippen LogP contribution in [-0.4, -0.2) is 0 Å². The Morgan fingerprint density at radius 3 is 2.92 bits per heavy atom. The van der Waals surface area contributed by atoms with E-state index in [9.17, 15) is 0 Å². The van der Waals surface area contributed by atoms with E-state index in [4.69, 9.17) is 2.74 Å². The molecule has 2 rings (SSSR count). The van der Waals surface area contributed by atoms with Gasteiger partial charge in [-0.25, -0.2) is 0 Å². The van der Waals surface area contributed by atoms with Crippen molar-refractivity contribution in [3.05, 3.63) is 48.0 Å². The van der Waals surface area contributed by atoms with Crippen molar-refractivity contribution in [1.82, 2.24) is 0 Å². The lowest BCUT2D eigenvalue weighted by atomic mass is 9.89. The fourth-order valence-corrected chi connectivity index (χ4v) is 1.52. The monoisotopic (exact) mass is 160 g/mol. The number of benzene rings is 1. The van der Waals surface area contributed by atoms with Crippen LogP contribution >= 0.6 is 0 Å². The summed E-state index contributed by atoms with van der Waals surface area (Å²) in [6.07, 6.45) is 3.57. The largest absolute Gasteiger partial charge is 0.0879 e. The summed E-state index contributed by atoms with van der Waals surface area (Å²) in [6, 6.07) is 10.6. The zero-order chi connectivity index (χ0) is 9.97. The lowest BCUT2D eigenvalue weighted by Crippen LogP contribution is -1.98. The molecule has 0 fully saturated rings. The fourth-order valence-electron chi connectivity index (χ4n) is 1.52. The van der Waals surface area contributed by atoms with Crippen LogP contribution in [0.15, 0.2) is 42.5 Å². The topological polar surface area (TPSA) is 0 Å². The summed E-state index contributed by atoms with van der Waals surface area (Å²) in [6.45, 7) is 0. The Hall–Kier alpha value is -1.04. The molecule has 0 heteroatoms. The van der Waals surface area contributed by atoms with Gasteiger partial charge in [0, 0.05) is 7.29 Å². The Morgan fingerprint density at radius 1 is 1.33 bits per heavy atom. The molecule has 62 valence electrons. The molecule has 1 aromatic rings. The van der Waals surface area contributed by atoms with Crippen LogP contribution in [0.1, 0.15) is 33.5 Å². The molecule has 0 spiro atoms. The van der Waals surface area contributed by atoms with E-state index in [0.29, 0.717) is 6.05 Å². The molecular weight excluding hydrogens is 144 g/mol. The highest BCUT2D eigenvalue weighted by atomic mass is 14.1. The van der Waals surface area contributed by atoms with Gasteiger partial charge < -0.3 is 0 Å². The molecule has 0 radical (unpaired) electrons. The summed E-state index contributed by atoms with van der Waals surface area (Å²) in [5.41, 5.74) is 1.11. The first-order chi connectivity index (χ1) is 6.79. The second-order valence-corrected chi connectivity index (χ2v) is 3.07. The summed E-state index contributed by atoms with van der Waals surface area (Å²) in [5, 5.41) is 0. The summed E-state index contributed by atoms with van der Waals surface area (Å²) >= 11 is 0. The molecule has 1 aromatic carbocycles. The minimum absolute atomic E-state index is 0.00931. The summed E-state index contributed by atoms with van der Waals surface area (Å²) in [4.78, 5) is 0. The first-order valence-electron chi connectivity index (χ1n) is 5.50. The molecule has 1 aliphatic rings. The van der Waals surface area contributed by atoms with Crippen LogP contribution in [0.3, 0.4) is 0 Å². The average Bonchev–Trinajstić information content (AvgIpc) is 2.19. The van der Waals surface area contributed by atoms with Crippen molar-refractivity contribution < 1.29 is 2.74 Å². The van der Waals surface area contributed by atoms with Gasteiger partial charge in [-0.2, -0.15) is 0 Å². The van der Waals surface area contributed by atoms with Gasteiger partial charge in [0.15, 0.2) is 0 Å². The lowest BCUT2D eigenvalue weighted by Gasteiger charge is -2.16. The maximum absolute atomic E-state index is 7.94. The van der Waals surface area contributed by atoms with Crippen LogP contribution in [0.5, 0.6) is 0 Å². The van der Waals surface area contributed by atoms with Gasteiger partial charge in [0.05, 0.1) is 1.37 Å². The predicted molar refractivity (Wildman–Crippen MR) is 52.2 cm³/mol. The van der Waals surface area contributed by atoms with Crippen molar-refractivity contribution in [2.24, 2.45) is 0 Å². The molecule has 0 heterocycles. The average molecular weight is 160 g/mol. The molecule has 0 saturated heterocycles. The molecule has 0 bridgehead atoms. The molecule has 0 amide bonds. The van der Waals surface area contributed by atoms with E-state index in [1.165, 1.54) is 0 Å². The van der Waals surface area contributed by atoms with E-state index in [-0.39, 0.29) is 12.3 Å². The third-order valence-corrected chi connectivity index (χ3v) is 2.17. The van der Waals surface area contributed by atoms with E-state index < -0.39 is 0 Å². The molecule has 1 aliphatic carbocycles. The summed E-state index contributed by atoms with van der Waals surface area (Å²) in [5.74, 6) is -0.00931. The zero-order valence-corrected chi connectivity index (χ0v) is 7.03. The molecule has 2 unspecified atom stereocenters. The Balaban J connectivity index is 2.32. The van der Waals surface area contributed by atoms with E-state index in [1.54, 1.807) is 0 Å². The normalized spacial score (nSPS) is 31.8. The van der Waals surface area contributed by atoms with E-state index in [1.807, 2.05) is 36.4 Å². The molecule has 0 aromatic heterocycles. The van der Waals surface area contributed by atoms with Crippen molar-refractivity contribution in [2.75, 3.05) is 0 Å². The molecule has 0 aliphatic heterocycles. The first kappa shape index (κ1) is 5.58. The Morgan fingerprint density at radius 2 is 2.17 bits per heavy atom. The highest BCUT2D eigenvalue weighted by Gasteiger charge is 2.09. The second kappa shape index (κ2) is 3.57. The maximum Gasteiger partial charge on any atom is 0.0579 e. The van der Waals surface area contributed by atoms with E-state index in [0.717, 1.165) is 18.4 Å². The quantitative estimate of drug-likeness (QED) is 0.551. The van der Waals surface area contributed by atoms with E-state index >= 15 is 0 Å². The van der Waals surface area contributed by atoms with Gasteiger partial charge in [-0.05, 0) is 24.8 Å². The van der Waals surface area contributed by atoms with Crippen molar-refractivity contribution in [3.63, 3.8) is 0 Å². The van der Waals surface area contributed by atoms with Crippen LogP contribution in [-0.2, 0) is 0 Å². The van der Waals surface area contributed by atoms with E-state index in [2.05, 4.69) is 0 Å². The molecule has 0 N–H and O–H groups in total. The van der Waals surface area contributed by atoms with Crippen molar-refractivity contribution >= 4 is 0 Å². The van der Waals surface area contributed by atoms with Gasteiger partial charge >= 0.3 is 0 Å². The third kappa shape index (κ3) is 1.58. The highest BCUT2D eigenvalue weighted by Crippen LogP contribution is 2.26. The van der Waals surface area contributed by atoms with Gasteiger partial charge in [-0.1, -0.05) is 42.5 Å². The van der Waals surface area contributed by atoms with Gasteiger partial charge in [-0.15, -0.1) is 0 Å². The molecular formula is C12H14. The highest BCUT2D eigenvalue weighted by molar-refractivity contribution is 5.24. The van der Waals surface area contributed by atoms with Crippen molar-refractivity contribution in [3.8, 4) is 0 Å². The van der Waals surface area contributed by atoms with Gasteiger partial charge in [-0.3, -0.25) is 0 Å². The number of hydrogen-bond acceptors (Lipinski definition) is 0. The smallest absolute Gasteiger partial charge is 0.0579 e. The molecule has 12 heavy (non-hydrogen) atoms. The Bertz CT molecular complexity index is 329. The van der Waals surface area contributed by atoms with Crippen LogP contribution < -0.4 is 0 Å². The number of allylic oxidation sites excluding steroid dienone is 2. The standard InChI is InChI=1S/C12H14/c1-3-7-11(8-4-1)12-9-5-2-6-10-12/h1,3-5,7-9,12H,2,6,10H2/i9D,10D. The maximum atomic E-state index is 7.94. The van der Waals surface area contributed by atoms with Crippen LogP contribution in [0.2, 0.25) is 0 Å². The second-order valence-electron chi connectivity index (χ2n) is 3.07. The van der Waals surface area contributed by atoms with Gasteiger partial charge in [0.1, 0.15) is 0 Å². The third-order valence-electron chi connectivity index (χ3n) is 2.17. The molecule has 2 atom stereocenters. The van der Waals surface area contributed by atoms with Gasteiger partial charge in [0.25, 0.3) is 0 Å². The fraction of sp³-hybridized carbons (Fsp3) is 0.333. The first-order valence-corrected chi connectivity index (χ1v) is 4.43. The minimum Gasteiger partial charge on any atom is -0.0879 e. The zero-order valence-electron chi connectivity index (χ0n) is 9.03. The van der Waals surface area contributed by atoms with Gasteiger partial charge in [0.2, 0.25) is 0 Å². The predicted octanol–water partition coefficient (Wildman–Crippen LogP) is 3.51. The van der Waals surface area contributed by atoms with Crippen molar-refractivity contribution in [2.45, 2.75) is 25.2 Å². The van der Waals surface area contributed by atoms with Crippen LogP contribution in [0.25, 0.3) is 0 Å². The molecule has 0 nitrogen and oxygen atoms in total. The lowest BCUT2D eigenvalue weighted by molar-refractivity contribution is 0.654. The minimum atomic E-state index is -0.144. The SMILES string of the molecule is [2H]C1=CCCC([2H])C1c1ccccc1. The molecule has 0 saturated carbocycles. The number of rotatable bonds is 1. The van der Waals surface area contributed by atoms with Crippen LogP contribution in [0.4, 0.5) is 0 Å². The number of hydrogen-bond donors (Lipinski definition) is 0. The van der Waals surface area contributed by atoms with Crippen molar-refractivity contribution in [1.29, 1.82) is 0 Å². The Kier molecular flexibility index (Phi) is 1.66. The Labute approximate surface area is 76.7 Å².